The standard InChI is InChI=1S/C12H11NO4/c1-2-16-12(15)13-8-11(14)17-9-10-6-4-3-5-7-10/h1,3-7H,8-9H2,(H,13,15). The van der Waals surface area contributed by atoms with Gasteiger partial charge in [0.15, 0.2) is 0 Å². The van der Waals surface area contributed by atoms with Crippen LogP contribution in [0.3, 0.4) is 0 Å². The van der Waals surface area contributed by atoms with Crippen LogP contribution in [-0.2, 0) is 20.9 Å². The van der Waals surface area contributed by atoms with Crippen molar-refractivity contribution in [1.82, 2.24) is 5.32 Å². The van der Waals surface area contributed by atoms with Crippen LogP contribution in [0.1, 0.15) is 5.56 Å². The van der Waals surface area contributed by atoms with Crippen LogP contribution < -0.4 is 5.32 Å². The van der Waals surface area contributed by atoms with E-state index in [0.29, 0.717) is 0 Å². The zero-order valence-electron chi connectivity index (χ0n) is 9.01. The van der Waals surface area contributed by atoms with Gasteiger partial charge in [-0.15, -0.1) is 0 Å². The van der Waals surface area contributed by atoms with E-state index in [0.717, 1.165) is 5.56 Å². The molecule has 0 aliphatic carbocycles. The molecular weight excluding hydrogens is 222 g/mol. The molecule has 0 aromatic heterocycles. The Kier molecular flexibility index (Phi) is 5.11. The second kappa shape index (κ2) is 6.90. The highest BCUT2D eigenvalue weighted by atomic mass is 16.5. The fourth-order valence-electron chi connectivity index (χ4n) is 1.02. The highest BCUT2D eigenvalue weighted by Gasteiger charge is 2.06. The summed E-state index contributed by atoms with van der Waals surface area (Å²) >= 11 is 0. The van der Waals surface area contributed by atoms with Crippen molar-refractivity contribution in [2.75, 3.05) is 6.54 Å². The molecule has 0 aliphatic rings. The Morgan fingerprint density at radius 2 is 2.00 bits per heavy atom. The molecule has 1 amide bonds. The number of hydrogen-bond donors (Lipinski definition) is 1. The average Bonchev–Trinajstić information content (AvgIpc) is 2.35. The van der Waals surface area contributed by atoms with E-state index in [2.05, 4.69) is 10.1 Å². The third kappa shape index (κ3) is 5.23. The van der Waals surface area contributed by atoms with E-state index in [-0.39, 0.29) is 13.2 Å². The maximum absolute atomic E-state index is 11.2. The van der Waals surface area contributed by atoms with Crippen LogP contribution in [0.25, 0.3) is 0 Å². The minimum absolute atomic E-state index is 0.158. The Balaban J connectivity index is 2.22. The molecule has 0 fully saturated rings. The number of carbonyl (C=O) groups excluding carboxylic acids is 2. The summed E-state index contributed by atoms with van der Waals surface area (Å²) in [7, 11) is 0. The van der Waals surface area contributed by atoms with Crippen molar-refractivity contribution < 1.29 is 19.1 Å². The quantitative estimate of drug-likeness (QED) is 0.623. The molecule has 88 valence electrons. The summed E-state index contributed by atoms with van der Waals surface area (Å²) in [4.78, 5) is 21.9. The third-order valence-electron chi connectivity index (χ3n) is 1.77. The van der Waals surface area contributed by atoms with Crippen LogP contribution in [0.15, 0.2) is 30.3 Å². The fourth-order valence-corrected chi connectivity index (χ4v) is 1.02. The molecular formula is C12H11NO4. The number of carbonyl (C=O) groups is 2. The lowest BCUT2D eigenvalue weighted by atomic mass is 10.2. The molecule has 5 nitrogen and oxygen atoms in total. The van der Waals surface area contributed by atoms with E-state index in [9.17, 15) is 9.59 Å². The fraction of sp³-hybridized carbons (Fsp3) is 0.167. The zero-order valence-corrected chi connectivity index (χ0v) is 9.01. The Morgan fingerprint density at radius 3 is 2.65 bits per heavy atom. The van der Waals surface area contributed by atoms with Gasteiger partial charge in [-0.1, -0.05) is 36.8 Å². The molecule has 1 N–H and O–H groups in total. The first kappa shape index (κ1) is 12.6. The van der Waals surface area contributed by atoms with E-state index >= 15 is 0 Å². The van der Waals surface area contributed by atoms with Gasteiger partial charge in [0.25, 0.3) is 0 Å². The predicted molar refractivity (Wildman–Crippen MR) is 59.6 cm³/mol. The van der Waals surface area contributed by atoms with E-state index in [1.807, 2.05) is 30.3 Å². The third-order valence-corrected chi connectivity index (χ3v) is 1.77. The number of nitrogens with one attached hydrogen (secondary N) is 1. The summed E-state index contributed by atoms with van der Waals surface area (Å²) in [5.41, 5.74) is 0.868. The van der Waals surface area contributed by atoms with Gasteiger partial charge in [-0.05, 0) is 5.56 Å². The molecule has 1 aromatic rings. The van der Waals surface area contributed by atoms with Crippen LogP contribution in [0, 0.1) is 12.5 Å². The smallest absolute Gasteiger partial charge is 0.421 e. The first-order chi connectivity index (χ1) is 8.22. The maximum Gasteiger partial charge on any atom is 0.421 e. The molecule has 1 rings (SSSR count). The molecule has 0 bridgehead atoms. The lowest BCUT2D eigenvalue weighted by Crippen LogP contribution is -2.30. The summed E-state index contributed by atoms with van der Waals surface area (Å²) in [5, 5.41) is 2.14. The number of alkyl carbamates (subject to hydrolysis) is 1. The SMILES string of the molecule is C#COC(=O)NCC(=O)OCc1ccccc1. The second-order valence-corrected chi connectivity index (χ2v) is 3.01. The van der Waals surface area contributed by atoms with Crippen LogP contribution in [0.4, 0.5) is 4.79 Å². The second-order valence-electron chi connectivity index (χ2n) is 3.01. The number of ether oxygens (including phenoxy) is 2. The largest absolute Gasteiger partial charge is 0.460 e. The monoisotopic (exact) mass is 233 g/mol. The van der Waals surface area contributed by atoms with Gasteiger partial charge in [0.05, 0.1) is 0 Å². The van der Waals surface area contributed by atoms with Crippen molar-refractivity contribution >= 4 is 12.1 Å². The Labute approximate surface area is 98.7 Å². The van der Waals surface area contributed by atoms with Gasteiger partial charge in [-0.3, -0.25) is 4.79 Å². The van der Waals surface area contributed by atoms with Gasteiger partial charge >= 0.3 is 12.1 Å². The lowest BCUT2D eigenvalue weighted by Gasteiger charge is -2.05. The molecule has 0 atom stereocenters. The number of amides is 1. The van der Waals surface area contributed by atoms with Gasteiger partial charge in [-0.25, -0.2) is 4.79 Å². The summed E-state index contributed by atoms with van der Waals surface area (Å²) in [6.07, 6.45) is 5.55. The lowest BCUT2D eigenvalue weighted by molar-refractivity contribution is -0.143. The maximum atomic E-state index is 11.2. The molecule has 0 aliphatic heterocycles. The molecule has 17 heavy (non-hydrogen) atoms. The van der Waals surface area contributed by atoms with Crippen LogP contribution in [0.2, 0.25) is 0 Å². The molecule has 0 saturated heterocycles. The topological polar surface area (TPSA) is 64.6 Å². The van der Waals surface area contributed by atoms with Crippen LogP contribution >= 0.6 is 0 Å². The highest BCUT2D eigenvalue weighted by molar-refractivity contribution is 5.78. The summed E-state index contributed by atoms with van der Waals surface area (Å²) in [6.45, 7) is -0.126. The molecule has 0 unspecified atom stereocenters. The molecule has 0 radical (unpaired) electrons. The molecule has 0 saturated carbocycles. The minimum atomic E-state index is -0.857. The van der Waals surface area contributed by atoms with Crippen molar-refractivity contribution in [1.29, 1.82) is 0 Å². The number of benzene rings is 1. The van der Waals surface area contributed by atoms with E-state index < -0.39 is 12.1 Å². The zero-order chi connectivity index (χ0) is 12.5. The van der Waals surface area contributed by atoms with Gasteiger partial charge in [0, 0.05) is 0 Å². The predicted octanol–water partition coefficient (Wildman–Crippen LogP) is 1.05. The van der Waals surface area contributed by atoms with E-state index in [4.69, 9.17) is 11.2 Å². The van der Waals surface area contributed by atoms with Crippen molar-refractivity contribution in [3.63, 3.8) is 0 Å². The van der Waals surface area contributed by atoms with E-state index in [1.165, 1.54) is 0 Å². The van der Waals surface area contributed by atoms with Crippen LogP contribution in [0.5, 0.6) is 0 Å². The van der Waals surface area contributed by atoms with Crippen molar-refractivity contribution in [2.24, 2.45) is 0 Å². The molecule has 5 heteroatoms. The number of esters is 1. The summed E-state index contributed by atoms with van der Waals surface area (Å²) in [5.74, 6) is -0.567. The molecule has 1 aromatic carbocycles. The van der Waals surface area contributed by atoms with Crippen molar-refractivity contribution in [3.05, 3.63) is 35.9 Å². The van der Waals surface area contributed by atoms with E-state index in [1.54, 1.807) is 6.11 Å². The summed E-state index contributed by atoms with van der Waals surface area (Å²) in [6, 6.07) is 9.20. The number of rotatable bonds is 4. The van der Waals surface area contributed by atoms with Crippen LogP contribution in [-0.4, -0.2) is 18.6 Å². The van der Waals surface area contributed by atoms with Gasteiger partial charge < -0.3 is 14.8 Å². The normalized spacial score (nSPS) is 8.88. The van der Waals surface area contributed by atoms with Gasteiger partial charge in [-0.2, -0.15) is 0 Å². The Hall–Kier alpha value is -2.48. The molecule has 0 heterocycles. The Bertz CT molecular complexity index is 422. The highest BCUT2D eigenvalue weighted by Crippen LogP contribution is 2.00. The van der Waals surface area contributed by atoms with Crippen molar-refractivity contribution in [2.45, 2.75) is 6.61 Å². The first-order valence-electron chi connectivity index (χ1n) is 4.82. The number of hydrogen-bond acceptors (Lipinski definition) is 4. The van der Waals surface area contributed by atoms with Crippen molar-refractivity contribution in [3.8, 4) is 12.5 Å². The van der Waals surface area contributed by atoms with Gasteiger partial charge in [0.1, 0.15) is 19.3 Å². The number of terminal acetylenes is 1. The first-order valence-corrected chi connectivity index (χ1v) is 4.82. The summed E-state index contributed by atoms with van der Waals surface area (Å²) < 4.78 is 9.02. The Morgan fingerprint density at radius 1 is 1.29 bits per heavy atom. The average molecular weight is 233 g/mol. The minimum Gasteiger partial charge on any atom is -0.460 e. The van der Waals surface area contributed by atoms with Gasteiger partial charge in [0.2, 0.25) is 0 Å². The molecule has 0 spiro atoms.